The van der Waals surface area contributed by atoms with Gasteiger partial charge in [0.15, 0.2) is 8.24 Å². The van der Waals surface area contributed by atoms with E-state index in [2.05, 4.69) is 131 Å². The van der Waals surface area contributed by atoms with Gasteiger partial charge in [-0.2, -0.15) is 0 Å². The fraction of sp³-hybridized carbons (Fsp3) is 0.360. The van der Waals surface area contributed by atoms with Gasteiger partial charge in [-0.25, -0.2) is 0 Å². The first-order valence-corrected chi connectivity index (χ1v) is 14.4. The van der Waals surface area contributed by atoms with Gasteiger partial charge in [-0.1, -0.05) is 73.4 Å². The van der Waals surface area contributed by atoms with Crippen molar-refractivity contribution < 1.29 is 0 Å². The summed E-state index contributed by atoms with van der Waals surface area (Å²) in [6, 6.07) is 17.2. The fourth-order valence-corrected chi connectivity index (χ4v) is 12.7. The monoisotopic (exact) mass is 546 g/mol. The van der Waals surface area contributed by atoms with Crippen molar-refractivity contribution in [1.29, 1.82) is 0 Å². The molecular weight excluding hydrogens is 516 g/mol. The molecule has 2 nitrogen and oxygen atoms in total. The Morgan fingerprint density at radius 3 is 1.90 bits per heavy atom. The molecule has 0 amide bonds. The summed E-state index contributed by atoms with van der Waals surface area (Å²) in [7, 11) is -1.63. The Morgan fingerprint density at radius 2 is 1.30 bits per heavy atom. The van der Waals surface area contributed by atoms with E-state index in [4.69, 9.17) is 0 Å². The smallest absolute Gasteiger partial charge is 0.169 e. The first kappa shape index (κ1) is 23.4. The third-order valence-electron chi connectivity index (χ3n) is 6.36. The van der Waals surface area contributed by atoms with E-state index in [1.807, 2.05) is 12.3 Å². The van der Waals surface area contributed by atoms with Crippen LogP contribution in [0, 0.1) is 0 Å². The minimum Gasteiger partial charge on any atom is -0.373 e. The Kier molecular flexibility index (Phi) is 7.36. The zero-order valence-electron chi connectivity index (χ0n) is 18.7. The molecule has 0 saturated heterocycles. The Labute approximate surface area is 198 Å². The molecule has 0 aliphatic carbocycles. The maximum Gasteiger partial charge on any atom is 0.169 e. The summed E-state index contributed by atoms with van der Waals surface area (Å²) in [6.45, 7) is 14.5. The van der Waals surface area contributed by atoms with Crippen LogP contribution in [0.1, 0.15) is 41.5 Å². The van der Waals surface area contributed by atoms with E-state index >= 15 is 0 Å². The van der Waals surface area contributed by atoms with E-state index in [9.17, 15) is 0 Å². The average molecular weight is 548 g/mol. The normalized spacial score (nSPS) is 12.2. The largest absolute Gasteiger partial charge is 0.373 e. The highest BCUT2D eigenvalue weighted by Gasteiger charge is 2.45. The van der Waals surface area contributed by atoms with Crippen LogP contribution in [0.15, 0.2) is 69.9 Å². The Bertz CT molecular complexity index is 1100. The van der Waals surface area contributed by atoms with Crippen LogP contribution in [-0.2, 0) is 0 Å². The fourth-order valence-electron chi connectivity index (χ4n) is 5.31. The van der Waals surface area contributed by atoms with Crippen molar-refractivity contribution in [3.63, 3.8) is 0 Å². The average Bonchev–Trinajstić information content (AvgIpc) is 3.28. The molecule has 0 aliphatic heterocycles. The second-order valence-corrected chi connectivity index (χ2v) is 16.5. The third-order valence-corrected chi connectivity index (χ3v) is 14.1. The molecule has 0 fully saturated rings. The summed E-state index contributed by atoms with van der Waals surface area (Å²) < 4.78 is 4.95. The summed E-state index contributed by atoms with van der Waals surface area (Å²) in [5, 5.41) is 2.59. The van der Waals surface area contributed by atoms with Gasteiger partial charge in [0.05, 0.1) is 0 Å². The Morgan fingerprint density at radius 1 is 0.733 bits per heavy atom. The zero-order chi connectivity index (χ0) is 22.1. The minimum absolute atomic E-state index is 0.724. The lowest BCUT2D eigenvalue weighted by Crippen LogP contribution is -2.51. The number of aromatic nitrogens is 2. The quantitative estimate of drug-likeness (QED) is 0.245. The lowest BCUT2D eigenvalue weighted by atomic mass is 10.3. The number of aromatic amines is 1. The number of hydrogen-bond donors (Lipinski definition) is 1. The van der Waals surface area contributed by atoms with Crippen molar-refractivity contribution in [2.75, 3.05) is 0 Å². The molecule has 2 heterocycles. The van der Waals surface area contributed by atoms with Crippen molar-refractivity contribution in [3.05, 3.63) is 69.9 Å². The molecule has 2 aromatic heterocycles. The number of benzene rings is 2. The number of H-pyrrole nitrogens is 1. The van der Waals surface area contributed by atoms with Crippen LogP contribution in [0.4, 0.5) is 0 Å². The number of rotatable bonds is 4. The van der Waals surface area contributed by atoms with Crippen LogP contribution < -0.4 is 0 Å². The maximum absolute atomic E-state index is 3.58. The summed E-state index contributed by atoms with van der Waals surface area (Å²) in [5.41, 5.74) is 4.75. The molecule has 0 spiro atoms. The van der Waals surface area contributed by atoms with Crippen LogP contribution in [-0.4, -0.2) is 17.5 Å². The second kappa shape index (κ2) is 9.45. The van der Waals surface area contributed by atoms with Gasteiger partial charge in [-0.3, -0.25) is 0 Å². The third kappa shape index (κ3) is 4.34. The highest BCUT2D eigenvalue weighted by Crippen LogP contribution is 2.44. The molecule has 0 atom stereocenters. The molecule has 0 saturated carbocycles. The SMILES string of the molecule is Brc1ccc2[nH]ccc2c1.CC(C)[Si](C(C)C)(C(C)C)n1ccc2cc(Br)ccc21. The van der Waals surface area contributed by atoms with E-state index in [0.29, 0.717) is 0 Å². The second-order valence-electron chi connectivity index (χ2n) is 8.95. The molecule has 4 aromatic rings. The highest BCUT2D eigenvalue weighted by atomic mass is 79.9. The van der Waals surface area contributed by atoms with E-state index in [1.54, 1.807) is 0 Å². The van der Waals surface area contributed by atoms with Gasteiger partial charge >= 0.3 is 0 Å². The number of halogens is 2. The van der Waals surface area contributed by atoms with Gasteiger partial charge in [-0.05, 0) is 76.7 Å². The summed E-state index contributed by atoms with van der Waals surface area (Å²) in [4.78, 5) is 3.13. The molecule has 160 valence electrons. The summed E-state index contributed by atoms with van der Waals surface area (Å²) >= 11 is 6.98. The molecule has 0 unspecified atom stereocenters. The van der Waals surface area contributed by atoms with Gasteiger partial charge in [0.25, 0.3) is 0 Å². The molecule has 0 aliphatic rings. The molecule has 4 rings (SSSR count). The van der Waals surface area contributed by atoms with E-state index < -0.39 is 8.24 Å². The number of fused-ring (bicyclic) bond motifs is 2. The molecule has 0 radical (unpaired) electrons. The molecule has 5 heteroatoms. The molecule has 2 aromatic carbocycles. The minimum atomic E-state index is -1.63. The van der Waals surface area contributed by atoms with Crippen molar-refractivity contribution in [2.24, 2.45) is 0 Å². The first-order chi connectivity index (χ1) is 14.2. The van der Waals surface area contributed by atoms with E-state index in [0.717, 1.165) is 25.6 Å². The van der Waals surface area contributed by atoms with Crippen LogP contribution in [0.2, 0.25) is 16.6 Å². The van der Waals surface area contributed by atoms with Crippen molar-refractivity contribution in [1.82, 2.24) is 9.22 Å². The van der Waals surface area contributed by atoms with E-state index in [-0.39, 0.29) is 0 Å². The lowest BCUT2D eigenvalue weighted by molar-refractivity contribution is 0.773. The van der Waals surface area contributed by atoms with Gasteiger partial charge in [0.1, 0.15) is 0 Å². The van der Waals surface area contributed by atoms with Crippen LogP contribution in [0.3, 0.4) is 0 Å². The maximum atomic E-state index is 3.58. The van der Waals surface area contributed by atoms with Gasteiger partial charge < -0.3 is 9.22 Å². The topological polar surface area (TPSA) is 20.7 Å². The van der Waals surface area contributed by atoms with E-state index in [1.165, 1.54) is 21.8 Å². The summed E-state index contributed by atoms with van der Waals surface area (Å²) in [5.74, 6) is 0. The number of hydrogen-bond acceptors (Lipinski definition) is 0. The first-order valence-electron chi connectivity index (χ1n) is 10.7. The Balaban J connectivity index is 0.000000212. The van der Waals surface area contributed by atoms with Crippen molar-refractivity contribution >= 4 is 61.9 Å². The van der Waals surface area contributed by atoms with Crippen molar-refractivity contribution in [3.8, 4) is 0 Å². The van der Waals surface area contributed by atoms with Gasteiger partial charge in [-0.15, -0.1) is 0 Å². The molecule has 30 heavy (non-hydrogen) atoms. The summed E-state index contributed by atoms with van der Waals surface area (Å²) in [6.07, 6.45) is 4.28. The Hall–Kier alpha value is -1.30. The predicted molar refractivity (Wildman–Crippen MR) is 142 cm³/mol. The zero-order valence-corrected chi connectivity index (χ0v) is 22.9. The van der Waals surface area contributed by atoms with Crippen LogP contribution in [0.25, 0.3) is 21.8 Å². The molecular formula is C25H32Br2N2Si. The standard InChI is InChI=1S/C17H26BrNSi.C8H6BrN/c1-12(2)20(13(3)4,14(5)6)19-10-9-15-11-16(18)7-8-17(15)19;9-7-1-2-8-6(5-7)3-4-10-8/h7-14H,1-6H3;1-5,10H. The van der Waals surface area contributed by atoms with Crippen LogP contribution in [0.5, 0.6) is 0 Å². The molecule has 0 bridgehead atoms. The lowest BCUT2D eigenvalue weighted by Gasteiger charge is -2.44. The van der Waals surface area contributed by atoms with Crippen LogP contribution >= 0.6 is 31.9 Å². The van der Waals surface area contributed by atoms with Gasteiger partial charge in [0, 0.05) is 31.6 Å². The highest BCUT2D eigenvalue weighted by molar-refractivity contribution is 9.10. The van der Waals surface area contributed by atoms with Gasteiger partial charge in [0.2, 0.25) is 0 Å². The molecule has 1 N–H and O–H groups in total. The predicted octanol–water partition coefficient (Wildman–Crippen LogP) is 9.36. The van der Waals surface area contributed by atoms with Crippen molar-refractivity contribution in [2.45, 2.75) is 58.2 Å². The number of nitrogens with zero attached hydrogens (tertiary/aromatic N) is 1. The number of nitrogens with one attached hydrogen (secondary N) is 1.